The van der Waals surface area contributed by atoms with Crippen molar-refractivity contribution in [1.82, 2.24) is 4.90 Å². The van der Waals surface area contributed by atoms with Crippen LogP contribution in [0.2, 0.25) is 0 Å². The molecule has 0 saturated carbocycles. The molecule has 4 aromatic carbocycles. The fourth-order valence-corrected chi connectivity index (χ4v) is 7.74. The highest BCUT2D eigenvalue weighted by Crippen LogP contribution is 2.69. The quantitative estimate of drug-likeness (QED) is 0.221. The molecule has 4 aromatic rings. The van der Waals surface area contributed by atoms with E-state index in [1.165, 1.54) is 0 Å². The van der Waals surface area contributed by atoms with Crippen LogP contribution in [-0.4, -0.2) is 29.2 Å². The lowest BCUT2D eigenvalue weighted by atomic mass is 9.54. The van der Waals surface area contributed by atoms with Crippen molar-refractivity contribution < 1.29 is 19.1 Å². The van der Waals surface area contributed by atoms with Crippen LogP contribution in [0.3, 0.4) is 0 Å². The average molecular weight is 583 g/mol. The second kappa shape index (κ2) is 9.20. The van der Waals surface area contributed by atoms with Gasteiger partial charge in [0.25, 0.3) is 0 Å². The minimum Gasteiger partial charge on any atom is -0.457 e. The molecule has 204 valence electrons. The lowest BCUT2D eigenvalue weighted by Gasteiger charge is -2.54. The Morgan fingerprint density at radius 1 is 0.756 bits per heavy atom. The highest BCUT2D eigenvalue weighted by molar-refractivity contribution is 6.36. The number of nitrogens with one attached hydrogen (secondary N) is 1. The number of halogens is 2. The minimum absolute atomic E-state index is 0.446. The maximum absolute atomic E-state index is 13.9. The highest BCUT2D eigenvalue weighted by Gasteiger charge is 2.73. The maximum Gasteiger partial charge on any atom is 0.244 e. The number of amides is 3. The Morgan fingerprint density at radius 3 is 1.76 bits per heavy atom. The minimum atomic E-state index is -1.28. The SMILES string of the molecule is Cc1cccc(Oc2ccc(NC(=O)CN3C(=O)[C@@H]4[C@@H](C3=O)C3(Cl)c5ccccc5C4(Cl)c4ccccc43)cc2)c1. The molecule has 1 saturated heterocycles. The summed E-state index contributed by atoms with van der Waals surface area (Å²) in [4.78, 5) is 39.4. The number of hydrogen-bond donors (Lipinski definition) is 1. The molecule has 8 heteroatoms. The van der Waals surface area contributed by atoms with Gasteiger partial charge in [0.05, 0.1) is 11.8 Å². The number of hydrogen-bond acceptors (Lipinski definition) is 4. The van der Waals surface area contributed by atoms with Gasteiger partial charge in [-0.15, -0.1) is 23.2 Å². The number of benzene rings is 4. The van der Waals surface area contributed by atoms with E-state index in [-0.39, 0.29) is 0 Å². The van der Waals surface area contributed by atoms with Crippen molar-refractivity contribution in [2.24, 2.45) is 11.8 Å². The second-order valence-corrected chi connectivity index (χ2v) is 11.9. The van der Waals surface area contributed by atoms with Gasteiger partial charge in [-0.3, -0.25) is 19.3 Å². The molecule has 3 aliphatic carbocycles. The molecule has 0 aromatic heterocycles. The lowest BCUT2D eigenvalue weighted by Crippen LogP contribution is -2.57. The zero-order valence-corrected chi connectivity index (χ0v) is 23.4. The predicted molar refractivity (Wildman–Crippen MR) is 156 cm³/mol. The van der Waals surface area contributed by atoms with Gasteiger partial charge in [0.2, 0.25) is 17.7 Å². The van der Waals surface area contributed by atoms with E-state index in [1.807, 2.05) is 79.7 Å². The molecule has 3 amide bonds. The first-order valence-electron chi connectivity index (χ1n) is 13.3. The van der Waals surface area contributed by atoms with Crippen LogP contribution in [0, 0.1) is 18.8 Å². The van der Waals surface area contributed by atoms with Gasteiger partial charge < -0.3 is 10.1 Å². The largest absolute Gasteiger partial charge is 0.457 e. The van der Waals surface area contributed by atoms with Crippen molar-refractivity contribution in [2.45, 2.75) is 16.7 Å². The van der Waals surface area contributed by atoms with Gasteiger partial charge in [0, 0.05) is 5.69 Å². The third-order valence-corrected chi connectivity index (χ3v) is 9.63. The molecular weight excluding hydrogens is 559 g/mol. The summed E-state index contributed by atoms with van der Waals surface area (Å²) in [7, 11) is 0. The van der Waals surface area contributed by atoms with Gasteiger partial charge >= 0.3 is 0 Å². The normalized spacial score (nSPS) is 25.4. The first kappa shape index (κ1) is 25.8. The van der Waals surface area contributed by atoms with E-state index >= 15 is 0 Å². The van der Waals surface area contributed by atoms with Crippen molar-refractivity contribution >= 4 is 46.6 Å². The predicted octanol–water partition coefficient (Wildman–Crippen LogP) is 6.32. The molecule has 41 heavy (non-hydrogen) atoms. The molecule has 6 nitrogen and oxygen atoms in total. The number of rotatable bonds is 5. The van der Waals surface area contributed by atoms with Gasteiger partial charge in [-0.05, 0) is 71.1 Å². The highest BCUT2D eigenvalue weighted by atomic mass is 35.5. The van der Waals surface area contributed by atoms with Crippen molar-refractivity contribution in [3.05, 3.63) is 125 Å². The fraction of sp³-hybridized carbons (Fsp3) is 0.182. The first-order valence-corrected chi connectivity index (χ1v) is 14.1. The van der Waals surface area contributed by atoms with E-state index in [1.54, 1.807) is 24.3 Å². The summed E-state index contributed by atoms with van der Waals surface area (Å²) in [6, 6.07) is 29.4. The van der Waals surface area contributed by atoms with E-state index < -0.39 is 45.9 Å². The lowest BCUT2D eigenvalue weighted by molar-refractivity contribution is -0.142. The summed E-state index contributed by atoms with van der Waals surface area (Å²) >= 11 is 14.8. The number of carbonyl (C=O) groups is 3. The van der Waals surface area contributed by atoms with Crippen LogP contribution in [0.1, 0.15) is 27.8 Å². The summed E-state index contributed by atoms with van der Waals surface area (Å²) < 4.78 is 5.87. The van der Waals surface area contributed by atoms with Crippen LogP contribution in [0.25, 0.3) is 0 Å². The Hall–Kier alpha value is -4.13. The summed E-state index contributed by atoms with van der Waals surface area (Å²) in [5.74, 6) is -2.07. The molecule has 2 atom stereocenters. The van der Waals surface area contributed by atoms with Gasteiger partial charge in [0.1, 0.15) is 27.8 Å². The monoisotopic (exact) mass is 582 g/mol. The van der Waals surface area contributed by atoms with Gasteiger partial charge in [-0.2, -0.15) is 0 Å². The molecule has 1 heterocycles. The van der Waals surface area contributed by atoms with Crippen LogP contribution in [0.4, 0.5) is 5.69 Å². The van der Waals surface area contributed by atoms with E-state index in [9.17, 15) is 14.4 Å². The number of carbonyl (C=O) groups excluding carboxylic acids is 3. The number of ether oxygens (including phenoxy) is 1. The third kappa shape index (κ3) is 3.67. The smallest absolute Gasteiger partial charge is 0.244 e. The van der Waals surface area contributed by atoms with Crippen LogP contribution in [0.5, 0.6) is 11.5 Å². The van der Waals surface area contributed by atoms with E-state index in [2.05, 4.69) is 5.32 Å². The van der Waals surface area contributed by atoms with Gasteiger partial charge in [-0.25, -0.2) is 0 Å². The van der Waals surface area contributed by atoms with E-state index in [4.69, 9.17) is 27.9 Å². The number of nitrogens with zero attached hydrogens (tertiary/aromatic N) is 1. The van der Waals surface area contributed by atoms with Crippen LogP contribution in [0.15, 0.2) is 97.1 Å². The van der Waals surface area contributed by atoms with E-state index in [0.717, 1.165) is 32.7 Å². The Balaban J connectivity index is 1.14. The number of likely N-dealkylation sites (tertiary alicyclic amines) is 1. The molecule has 1 N–H and O–H groups in total. The summed E-state index contributed by atoms with van der Waals surface area (Å²) in [5, 5.41) is 2.78. The van der Waals surface area contributed by atoms with Crippen molar-refractivity contribution in [3.63, 3.8) is 0 Å². The number of imide groups is 1. The molecule has 0 spiro atoms. The van der Waals surface area contributed by atoms with Gasteiger partial charge in [0.15, 0.2) is 0 Å². The standard InChI is InChI=1S/C33H24Cl2N2O4/c1-19-7-6-8-22(17-19)41-21-15-13-20(14-16-21)36-27(38)18-37-30(39)28-29(31(37)40)33(35)24-10-3-2-9-23(24)32(28,34)25-11-4-5-12-26(25)33/h2-17,28-29H,18H2,1H3,(H,36,38)/t28-,29-,32?,33?/m0/s1. The Kier molecular flexibility index (Phi) is 5.79. The first-order chi connectivity index (χ1) is 19.7. The Morgan fingerprint density at radius 2 is 1.27 bits per heavy atom. The number of alkyl halides is 2. The summed E-state index contributed by atoms with van der Waals surface area (Å²) in [5.41, 5.74) is 4.46. The van der Waals surface area contributed by atoms with Crippen molar-refractivity contribution in [3.8, 4) is 11.5 Å². The van der Waals surface area contributed by atoms with Crippen LogP contribution >= 0.6 is 23.2 Å². The zero-order chi connectivity index (χ0) is 28.5. The summed E-state index contributed by atoms with van der Waals surface area (Å²) in [6.45, 7) is 1.54. The average Bonchev–Trinajstić information content (AvgIpc) is 3.23. The van der Waals surface area contributed by atoms with Gasteiger partial charge in [-0.1, -0.05) is 60.7 Å². The molecule has 2 bridgehead atoms. The maximum atomic E-state index is 13.9. The molecule has 4 aliphatic rings. The molecule has 0 radical (unpaired) electrons. The Bertz CT molecular complexity index is 1630. The Labute approximate surface area is 246 Å². The molecule has 8 rings (SSSR count). The number of aryl methyl sites for hydroxylation is 1. The van der Waals surface area contributed by atoms with E-state index in [0.29, 0.717) is 17.2 Å². The molecule has 1 aliphatic heterocycles. The van der Waals surface area contributed by atoms with Crippen LogP contribution in [-0.2, 0) is 24.1 Å². The van der Waals surface area contributed by atoms with Crippen molar-refractivity contribution in [2.75, 3.05) is 11.9 Å². The third-order valence-electron chi connectivity index (χ3n) is 8.34. The zero-order valence-electron chi connectivity index (χ0n) is 21.9. The summed E-state index contributed by atoms with van der Waals surface area (Å²) in [6.07, 6.45) is 0. The molecular formula is C33H24Cl2N2O4. The molecule has 1 fully saturated rings. The molecule has 0 unspecified atom stereocenters. The van der Waals surface area contributed by atoms with Crippen LogP contribution < -0.4 is 10.1 Å². The topological polar surface area (TPSA) is 75.7 Å². The second-order valence-electron chi connectivity index (χ2n) is 10.7. The van der Waals surface area contributed by atoms with Crippen molar-refractivity contribution in [1.29, 1.82) is 0 Å². The number of anilines is 1. The fourth-order valence-electron chi connectivity index (χ4n) is 6.65.